The van der Waals surface area contributed by atoms with Gasteiger partial charge in [-0.15, -0.1) is 0 Å². The van der Waals surface area contributed by atoms with Gasteiger partial charge in [0.2, 0.25) is 0 Å². The molecule has 0 heterocycles. The van der Waals surface area contributed by atoms with Crippen LogP contribution in [-0.4, -0.2) is 33.0 Å². The van der Waals surface area contributed by atoms with E-state index in [0.717, 1.165) is 0 Å². The van der Waals surface area contributed by atoms with E-state index in [4.69, 9.17) is 10.4 Å². The molecule has 0 amide bonds. The fourth-order valence-electron chi connectivity index (χ4n) is 0.938. The summed E-state index contributed by atoms with van der Waals surface area (Å²) in [5.41, 5.74) is -3.29. The maximum Gasteiger partial charge on any atom is 0.374 e. The fraction of sp³-hybridized carbons (Fsp3) is 0.750. The first-order chi connectivity index (χ1) is 6.15. The van der Waals surface area contributed by atoms with Crippen molar-refractivity contribution < 1.29 is 29.9 Å². The monoisotopic (exact) mass is 206 g/mol. The Morgan fingerprint density at radius 1 is 1.29 bits per heavy atom. The maximum absolute atomic E-state index is 11.0. The molecular formula is C8H14O6. The summed E-state index contributed by atoms with van der Waals surface area (Å²) < 4.78 is 0. The second-order valence-corrected chi connectivity index (χ2v) is 4.06. The molecule has 6 nitrogen and oxygen atoms in total. The van der Waals surface area contributed by atoms with Crippen LogP contribution in [0.25, 0.3) is 0 Å². The van der Waals surface area contributed by atoms with E-state index in [1.54, 1.807) is 0 Å². The van der Waals surface area contributed by atoms with E-state index in [1.807, 2.05) is 0 Å². The number of hydrogen-bond donors (Lipinski definition) is 3. The van der Waals surface area contributed by atoms with Crippen LogP contribution >= 0.6 is 0 Å². The van der Waals surface area contributed by atoms with Gasteiger partial charge in [0, 0.05) is 5.41 Å². The number of rotatable bonds is 3. The summed E-state index contributed by atoms with van der Waals surface area (Å²) in [7, 11) is 0. The van der Waals surface area contributed by atoms with Gasteiger partial charge in [-0.1, -0.05) is 20.8 Å². The van der Waals surface area contributed by atoms with Crippen molar-refractivity contribution in [1.29, 1.82) is 0 Å². The predicted octanol–water partition coefficient (Wildman–Crippen LogP) is 0.254. The summed E-state index contributed by atoms with van der Waals surface area (Å²) in [6.07, 6.45) is -0.824. The molecule has 0 fully saturated rings. The van der Waals surface area contributed by atoms with Crippen LogP contribution in [0.3, 0.4) is 0 Å². The molecule has 0 aliphatic carbocycles. The van der Waals surface area contributed by atoms with Crippen LogP contribution in [0, 0.1) is 5.41 Å². The molecule has 0 bridgehead atoms. The van der Waals surface area contributed by atoms with Crippen LogP contribution in [0.15, 0.2) is 0 Å². The smallest absolute Gasteiger partial charge is 0.374 e. The van der Waals surface area contributed by atoms with E-state index in [9.17, 15) is 14.7 Å². The third kappa shape index (κ3) is 2.43. The Bertz CT molecular complexity index is 241. The summed E-state index contributed by atoms with van der Waals surface area (Å²) in [6, 6.07) is 0. The maximum atomic E-state index is 11.0. The number of aliphatic hydroxyl groups is 1. The molecule has 1 unspecified atom stereocenters. The Hall–Kier alpha value is -1.14. The van der Waals surface area contributed by atoms with E-state index in [2.05, 4.69) is 4.89 Å². The highest BCUT2D eigenvalue weighted by molar-refractivity contribution is 5.85. The molecule has 0 aromatic heterocycles. The second kappa shape index (κ2) is 3.93. The van der Waals surface area contributed by atoms with Crippen LogP contribution in [0.5, 0.6) is 0 Å². The molecule has 0 radical (unpaired) electrons. The molecule has 0 aliphatic heterocycles. The Morgan fingerprint density at radius 3 is 1.93 bits per heavy atom. The summed E-state index contributed by atoms with van der Waals surface area (Å²) in [5, 5.41) is 26.4. The minimum atomic E-state index is -2.24. The van der Waals surface area contributed by atoms with Gasteiger partial charge in [0.25, 0.3) is 0 Å². The standard InChI is InChI=1S/C8H14O6/c1-7(2,3)8(12,4-5(9)10)6(11)14-13/h12-13H,4H2,1-3H3,(H,9,10). The highest BCUT2D eigenvalue weighted by Gasteiger charge is 2.50. The van der Waals surface area contributed by atoms with Crippen LogP contribution < -0.4 is 0 Å². The first-order valence-corrected chi connectivity index (χ1v) is 3.95. The zero-order chi connectivity index (χ0) is 11.6. The van der Waals surface area contributed by atoms with Crippen LogP contribution in [0.1, 0.15) is 27.2 Å². The molecule has 0 spiro atoms. The normalized spacial score (nSPS) is 15.8. The number of carboxylic acids is 1. The summed E-state index contributed by atoms with van der Waals surface area (Å²) in [4.78, 5) is 24.9. The van der Waals surface area contributed by atoms with Gasteiger partial charge < -0.3 is 10.2 Å². The third-order valence-electron chi connectivity index (χ3n) is 2.07. The lowest BCUT2D eigenvalue weighted by molar-refractivity contribution is -0.260. The number of carbonyl (C=O) groups excluding carboxylic acids is 1. The SMILES string of the molecule is CC(C)(C)C(O)(CC(=O)O)C(=O)OO. The molecular weight excluding hydrogens is 192 g/mol. The highest BCUT2D eigenvalue weighted by atomic mass is 17.1. The van der Waals surface area contributed by atoms with Crippen molar-refractivity contribution in [2.24, 2.45) is 5.41 Å². The van der Waals surface area contributed by atoms with Gasteiger partial charge in [-0.2, -0.15) is 5.26 Å². The molecule has 6 heteroatoms. The Kier molecular flexibility index (Phi) is 3.61. The minimum absolute atomic E-state index is 0.824. The molecule has 0 aliphatic rings. The van der Waals surface area contributed by atoms with Crippen molar-refractivity contribution >= 4 is 11.9 Å². The molecule has 82 valence electrons. The average Bonchev–Trinajstić information content (AvgIpc) is 1.99. The molecule has 0 rings (SSSR count). The first kappa shape index (κ1) is 12.9. The lowest BCUT2D eigenvalue weighted by Gasteiger charge is -2.35. The van der Waals surface area contributed by atoms with E-state index in [-0.39, 0.29) is 0 Å². The molecule has 3 N–H and O–H groups in total. The quantitative estimate of drug-likeness (QED) is 0.451. The van der Waals surface area contributed by atoms with Gasteiger partial charge >= 0.3 is 11.9 Å². The predicted molar refractivity (Wildman–Crippen MR) is 45.4 cm³/mol. The van der Waals surface area contributed by atoms with Crippen molar-refractivity contribution in [3.05, 3.63) is 0 Å². The van der Waals surface area contributed by atoms with Gasteiger partial charge in [0.05, 0.1) is 6.42 Å². The summed E-state index contributed by atoms with van der Waals surface area (Å²) >= 11 is 0. The van der Waals surface area contributed by atoms with Crippen LogP contribution in [0.2, 0.25) is 0 Å². The topological polar surface area (TPSA) is 104 Å². The van der Waals surface area contributed by atoms with E-state index >= 15 is 0 Å². The molecule has 14 heavy (non-hydrogen) atoms. The van der Waals surface area contributed by atoms with Crippen molar-refractivity contribution in [2.75, 3.05) is 0 Å². The van der Waals surface area contributed by atoms with Crippen molar-refractivity contribution in [2.45, 2.75) is 32.8 Å². The average molecular weight is 206 g/mol. The number of hydrogen-bond acceptors (Lipinski definition) is 5. The zero-order valence-electron chi connectivity index (χ0n) is 8.27. The number of aliphatic carboxylic acids is 1. The number of carboxylic acid groups (broad SMARTS) is 1. The van der Waals surface area contributed by atoms with Gasteiger partial charge in [0.15, 0.2) is 5.60 Å². The van der Waals surface area contributed by atoms with Crippen molar-refractivity contribution in [1.82, 2.24) is 0 Å². The van der Waals surface area contributed by atoms with E-state index < -0.39 is 29.4 Å². The molecule has 0 aromatic carbocycles. The molecule has 0 aromatic rings. The van der Waals surface area contributed by atoms with E-state index in [0.29, 0.717) is 0 Å². The fourth-order valence-corrected chi connectivity index (χ4v) is 0.938. The molecule has 0 saturated heterocycles. The largest absolute Gasteiger partial charge is 0.481 e. The summed E-state index contributed by atoms with van der Waals surface area (Å²) in [6.45, 7) is 4.40. The highest BCUT2D eigenvalue weighted by Crippen LogP contribution is 2.34. The summed E-state index contributed by atoms with van der Waals surface area (Å²) in [5.74, 6) is -2.72. The minimum Gasteiger partial charge on any atom is -0.481 e. The Balaban J connectivity index is 5.05. The Labute approximate surface area is 81.0 Å². The van der Waals surface area contributed by atoms with Gasteiger partial charge in [-0.25, -0.2) is 4.79 Å². The van der Waals surface area contributed by atoms with Crippen molar-refractivity contribution in [3.63, 3.8) is 0 Å². The number of carbonyl (C=O) groups is 2. The van der Waals surface area contributed by atoms with Gasteiger partial charge in [-0.3, -0.25) is 9.68 Å². The van der Waals surface area contributed by atoms with Gasteiger partial charge in [-0.05, 0) is 0 Å². The lowest BCUT2D eigenvalue weighted by atomic mass is 9.74. The zero-order valence-corrected chi connectivity index (χ0v) is 8.27. The molecule has 0 saturated carbocycles. The third-order valence-corrected chi connectivity index (χ3v) is 2.07. The lowest BCUT2D eigenvalue weighted by Crippen LogP contribution is -2.52. The van der Waals surface area contributed by atoms with Gasteiger partial charge in [0.1, 0.15) is 0 Å². The second-order valence-electron chi connectivity index (χ2n) is 4.06. The van der Waals surface area contributed by atoms with Crippen LogP contribution in [0.4, 0.5) is 0 Å². The van der Waals surface area contributed by atoms with Crippen molar-refractivity contribution in [3.8, 4) is 0 Å². The Morgan fingerprint density at radius 2 is 1.71 bits per heavy atom. The molecule has 1 atom stereocenters. The van der Waals surface area contributed by atoms with E-state index in [1.165, 1.54) is 20.8 Å². The first-order valence-electron chi connectivity index (χ1n) is 3.95. The van der Waals surface area contributed by atoms with Crippen LogP contribution in [-0.2, 0) is 14.5 Å².